The van der Waals surface area contributed by atoms with Crippen molar-refractivity contribution in [3.05, 3.63) is 23.2 Å². The second kappa shape index (κ2) is 6.41. The van der Waals surface area contributed by atoms with Gasteiger partial charge in [-0.15, -0.1) is 10.2 Å². The van der Waals surface area contributed by atoms with Gasteiger partial charge in [-0.3, -0.25) is 0 Å². The Morgan fingerprint density at radius 1 is 1.24 bits per heavy atom. The molecule has 1 aliphatic rings. The zero-order valence-corrected chi connectivity index (χ0v) is 13.1. The van der Waals surface area contributed by atoms with Crippen LogP contribution in [0.2, 0.25) is 0 Å². The SMILES string of the molecule is CCCNC(C)c1nnc(-c2ccc3c(c2)OCCO3)s1. The summed E-state index contributed by atoms with van der Waals surface area (Å²) in [4.78, 5) is 0. The Bertz CT molecular complexity index is 615. The summed E-state index contributed by atoms with van der Waals surface area (Å²) in [5, 5.41) is 13.9. The van der Waals surface area contributed by atoms with E-state index in [2.05, 4.69) is 29.4 Å². The summed E-state index contributed by atoms with van der Waals surface area (Å²) in [5.41, 5.74) is 1.02. The van der Waals surface area contributed by atoms with E-state index in [4.69, 9.17) is 9.47 Å². The van der Waals surface area contributed by atoms with Gasteiger partial charge in [0, 0.05) is 5.56 Å². The zero-order valence-electron chi connectivity index (χ0n) is 12.3. The molecule has 0 bridgehead atoms. The van der Waals surface area contributed by atoms with Crippen LogP contribution in [0.15, 0.2) is 18.2 Å². The number of aromatic nitrogens is 2. The fourth-order valence-corrected chi connectivity index (χ4v) is 3.02. The first-order chi connectivity index (χ1) is 10.3. The van der Waals surface area contributed by atoms with Gasteiger partial charge < -0.3 is 14.8 Å². The van der Waals surface area contributed by atoms with Crippen molar-refractivity contribution in [2.24, 2.45) is 0 Å². The summed E-state index contributed by atoms with van der Waals surface area (Å²) in [6.45, 7) is 6.45. The highest BCUT2D eigenvalue weighted by molar-refractivity contribution is 7.14. The monoisotopic (exact) mass is 305 g/mol. The Morgan fingerprint density at radius 2 is 2.05 bits per heavy atom. The quantitative estimate of drug-likeness (QED) is 0.920. The molecule has 0 spiro atoms. The van der Waals surface area contributed by atoms with Crippen LogP contribution in [0.25, 0.3) is 10.6 Å². The molecule has 21 heavy (non-hydrogen) atoms. The Morgan fingerprint density at radius 3 is 2.86 bits per heavy atom. The molecule has 0 radical (unpaired) electrons. The summed E-state index contributed by atoms with van der Waals surface area (Å²) < 4.78 is 11.1. The van der Waals surface area contributed by atoms with Crippen LogP contribution in [0.1, 0.15) is 31.3 Å². The van der Waals surface area contributed by atoms with E-state index in [0.29, 0.717) is 13.2 Å². The highest BCUT2D eigenvalue weighted by Crippen LogP contribution is 2.35. The van der Waals surface area contributed by atoms with Crippen molar-refractivity contribution < 1.29 is 9.47 Å². The van der Waals surface area contributed by atoms with Gasteiger partial charge in [0.2, 0.25) is 0 Å². The molecule has 1 unspecified atom stereocenters. The lowest BCUT2D eigenvalue weighted by Crippen LogP contribution is -2.18. The first-order valence-corrected chi connectivity index (χ1v) is 8.06. The molecule has 112 valence electrons. The van der Waals surface area contributed by atoms with Crippen LogP contribution in [0, 0.1) is 0 Å². The molecule has 1 aromatic heterocycles. The number of hydrogen-bond acceptors (Lipinski definition) is 6. The van der Waals surface area contributed by atoms with E-state index >= 15 is 0 Å². The van der Waals surface area contributed by atoms with Crippen molar-refractivity contribution in [1.82, 2.24) is 15.5 Å². The maximum atomic E-state index is 5.61. The molecular weight excluding hydrogens is 286 g/mol. The molecular formula is C15H19N3O2S. The summed E-state index contributed by atoms with van der Waals surface area (Å²) in [6, 6.07) is 6.14. The molecule has 0 fully saturated rings. The third kappa shape index (κ3) is 3.16. The topological polar surface area (TPSA) is 56.3 Å². The molecule has 0 aliphatic carbocycles. The molecule has 1 aromatic carbocycles. The van der Waals surface area contributed by atoms with Crippen molar-refractivity contribution in [1.29, 1.82) is 0 Å². The van der Waals surface area contributed by atoms with Crippen LogP contribution in [-0.2, 0) is 0 Å². The molecule has 6 heteroatoms. The summed E-state index contributed by atoms with van der Waals surface area (Å²) in [7, 11) is 0. The lowest BCUT2D eigenvalue weighted by molar-refractivity contribution is 0.171. The van der Waals surface area contributed by atoms with Gasteiger partial charge in [0.15, 0.2) is 11.5 Å². The zero-order chi connectivity index (χ0) is 14.7. The Kier molecular flexibility index (Phi) is 4.36. The van der Waals surface area contributed by atoms with Crippen molar-refractivity contribution in [2.75, 3.05) is 19.8 Å². The van der Waals surface area contributed by atoms with Crippen LogP contribution in [0.3, 0.4) is 0 Å². The van der Waals surface area contributed by atoms with Crippen LogP contribution in [0.5, 0.6) is 11.5 Å². The predicted molar refractivity (Wildman–Crippen MR) is 83.0 cm³/mol. The molecule has 2 aromatic rings. The highest BCUT2D eigenvalue weighted by Gasteiger charge is 2.16. The molecule has 5 nitrogen and oxygen atoms in total. The van der Waals surface area contributed by atoms with Crippen LogP contribution >= 0.6 is 11.3 Å². The standard InChI is InChI=1S/C15H19N3O2S/c1-3-6-16-10(2)14-17-18-15(21-14)11-4-5-12-13(9-11)20-8-7-19-12/h4-5,9-10,16H,3,6-8H2,1-2H3. The number of nitrogens with zero attached hydrogens (tertiary/aromatic N) is 2. The normalized spacial score (nSPS) is 15.0. The third-order valence-electron chi connectivity index (χ3n) is 3.30. The van der Waals surface area contributed by atoms with Gasteiger partial charge in [0.1, 0.15) is 23.2 Å². The van der Waals surface area contributed by atoms with Crippen molar-refractivity contribution in [2.45, 2.75) is 26.3 Å². The maximum absolute atomic E-state index is 5.61. The second-order valence-corrected chi connectivity index (χ2v) is 5.99. The molecule has 3 rings (SSSR count). The largest absolute Gasteiger partial charge is 0.486 e. The molecule has 0 saturated heterocycles. The fraction of sp³-hybridized carbons (Fsp3) is 0.467. The van der Waals surface area contributed by atoms with Gasteiger partial charge in [-0.2, -0.15) is 0 Å². The van der Waals surface area contributed by atoms with Crippen molar-refractivity contribution >= 4 is 11.3 Å². The van der Waals surface area contributed by atoms with E-state index in [1.807, 2.05) is 18.2 Å². The Labute approximate surface area is 128 Å². The number of benzene rings is 1. The lowest BCUT2D eigenvalue weighted by Gasteiger charge is -2.18. The molecule has 1 aliphatic heterocycles. The number of ether oxygens (including phenoxy) is 2. The molecule has 1 atom stereocenters. The van der Waals surface area contributed by atoms with E-state index in [1.54, 1.807) is 11.3 Å². The second-order valence-electron chi connectivity index (χ2n) is 4.98. The first kappa shape index (κ1) is 14.3. The Hall–Kier alpha value is -1.66. The van der Waals surface area contributed by atoms with Crippen LogP contribution < -0.4 is 14.8 Å². The molecule has 0 amide bonds. The number of hydrogen-bond donors (Lipinski definition) is 1. The number of fused-ring (bicyclic) bond motifs is 1. The summed E-state index contributed by atoms with van der Waals surface area (Å²) in [5.74, 6) is 1.58. The fourth-order valence-electron chi connectivity index (χ4n) is 2.15. The van der Waals surface area contributed by atoms with Crippen LogP contribution in [0.4, 0.5) is 0 Å². The van der Waals surface area contributed by atoms with Crippen molar-refractivity contribution in [3.63, 3.8) is 0 Å². The minimum absolute atomic E-state index is 0.230. The highest BCUT2D eigenvalue weighted by atomic mass is 32.1. The van der Waals surface area contributed by atoms with Crippen molar-refractivity contribution in [3.8, 4) is 22.1 Å². The van der Waals surface area contributed by atoms with E-state index < -0.39 is 0 Å². The molecule has 1 N–H and O–H groups in total. The van der Waals surface area contributed by atoms with Gasteiger partial charge in [0.05, 0.1) is 6.04 Å². The predicted octanol–water partition coefficient (Wildman–Crippen LogP) is 3.04. The lowest BCUT2D eigenvalue weighted by atomic mass is 10.2. The van der Waals surface area contributed by atoms with E-state index in [9.17, 15) is 0 Å². The minimum atomic E-state index is 0.230. The minimum Gasteiger partial charge on any atom is -0.486 e. The summed E-state index contributed by atoms with van der Waals surface area (Å²) >= 11 is 1.61. The number of nitrogens with one attached hydrogen (secondary N) is 1. The van der Waals surface area contributed by atoms with E-state index in [-0.39, 0.29) is 6.04 Å². The van der Waals surface area contributed by atoms with Gasteiger partial charge in [-0.25, -0.2) is 0 Å². The average Bonchev–Trinajstić information content (AvgIpc) is 3.02. The van der Waals surface area contributed by atoms with Gasteiger partial charge in [-0.1, -0.05) is 18.3 Å². The van der Waals surface area contributed by atoms with Gasteiger partial charge in [0.25, 0.3) is 0 Å². The third-order valence-corrected chi connectivity index (χ3v) is 4.46. The van der Waals surface area contributed by atoms with E-state index in [1.165, 1.54) is 0 Å². The smallest absolute Gasteiger partial charge is 0.162 e. The Balaban J connectivity index is 1.79. The molecule has 0 saturated carbocycles. The van der Waals surface area contributed by atoms with Gasteiger partial charge in [-0.05, 0) is 38.1 Å². The molecule has 2 heterocycles. The van der Waals surface area contributed by atoms with Gasteiger partial charge >= 0.3 is 0 Å². The number of rotatable bonds is 5. The maximum Gasteiger partial charge on any atom is 0.162 e. The first-order valence-electron chi connectivity index (χ1n) is 7.24. The summed E-state index contributed by atoms with van der Waals surface area (Å²) in [6.07, 6.45) is 1.11. The van der Waals surface area contributed by atoms with E-state index in [0.717, 1.165) is 40.0 Å². The average molecular weight is 305 g/mol. The van der Waals surface area contributed by atoms with Crippen LogP contribution in [-0.4, -0.2) is 30.0 Å².